The maximum Gasteiger partial charge on any atom is 0.148 e. The van der Waals surface area contributed by atoms with E-state index in [-0.39, 0.29) is 0 Å². The number of nitrogens with one attached hydrogen (secondary N) is 1. The Bertz CT molecular complexity index is 895. The van der Waals surface area contributed by atoms with Crippen LogP contribution in [-0.2, 0) is 0 Å². The van der Waals surface area contributed by atoms with Crippen molar-refractivity contribution in [1.29, 1.82) is 0 Å². The molecule has 2 aromatic rings. The molecule has 2 aliphatic carbocycles. The number of aryl methyl sites for hydroxylation is 1. The summed E-state index contributed by atoms with van der Waals surface area (Å²) < 4.78 is 0. The van der Waals surface area contributed by atoms with Crippen molar-refractivity contribution in [3.63, 3.8) is 0 Å². The molecule has 134 valence electrons. The predicted octanol–water partition coefficient (Wildman–Crippen LogP) is 6.00. The molecule has 0 aliphatic heterocycles. The molecule has 3 heteroatoms. The molecule has 1 N–H and O–H groups in total. The first-order valence-corrected chi connectivity index (χ1v) is 9.49. The van der Waals surface area contributed by atoms with Gasteiger partial charge in [-0.3, -0.25) is 4.98 Å². The smallest absolute Gasteiger partial charge is 0.148 e. The van der Waals surface area contributed by atoms with E-state index in [1.165, 1.54) is 53.5 Å². The standard InChI is InChI=1S/C23H27N3/c1-15(2)22(18-8-6-5-7-16(18)3)26-21-14-24-20(13-25-21)19-12-23(9-10-23)11-17(19)4/h5-8,13-14H,9-12H2,1-4H3,(H,25,26). The van der Waals surface area contributed by atoms with E-state index in [2.05, 4.69) is 62.3 Å². The molecule has 4 rings (SSSR count). The maximum absolute atomic E-state index is 4.73. The van der Waals surface area contributed by atoms with Gasteiger partial charge in [-0.2, -0.15) is 0 Å². The van der Waals surface area contributed by atoms with E-state index in [1.807, 2.05) is 12.4 Å². The van der Waals surface area contributed by atoms with Crippen molar-refractivity contribution in [2.45, 2.75) is 53.4 Å². The quantitative estimate of drug-likeness (QED) is 0.739. The molecule has 1 heterocycles. The van der Waals surface area contributed by atoms with Crippen molar-refractivity contribution in [2.24, 2.45) is 5.41 Å². The van der Waals surface area contributed by atoms with E-state index in [9.17, 15) is 0 Å². The van der Waals surface area contributed by atoms with Gasteiger partial charge in [-0.1, -0.05) is 35.4 Å². The minimum atomic E-state index is 0.581. The van der Waals surface area contributed by atoms with E-state index >= 15 is 0 Å². The largest absolute Gasteiger partial charge is 0.339 e. The third-order valence-electron chi connectivity index (χ3n) is 5.79. The van der Waals surface area contributed by atoms with Gasteiger partial charge < -0.3 is 5.32 Å². The molecule has 1 saturated carbocycles. The van der Waals surface area contributed by atoms with Crippen LogP contribution >= 0.6 is 0 Å². The SMILES string of the molecule is CC(C)=C(Nc1cnc(C2=C(C)CC3(CC3)C2)cn1)c1ccccc1C. The Labute approximate surface area is 156 Å². The number of anilines is 1. The molecular formula is C23H27N3. The van der Waals surface area contributed by atoms with Gasteiger partial charge in [-0.05, 0) is 69.9 Å². The summed E-state index contributed by atoms with van der Waals surface area (Å²) in [5.41, 5.74) is 9.36. The predicted molar refractivity (Wildman–Crippen MR) is 109 cm³/mol. The molecule has 0 radical (unpaired) electrons. The van der Waals surface area contributed by atoms with Crippen molar-refractivity contribution in [1.82, 2.24) is 9.97 Å². The molecule has 3 nitrogen and oxygen atoms in total. The molecule has 1 aromatic heterocycles. The highest BCUT2D eigenvalue weighted by atomic mass is 15.0. The van der Waals surface area contributed by atoms with E-state index < -0.39 is 0 Å². The normalized spacial score (nSPS) is 17.5. The minimum Gasteiger partial charge on any atom is -0.339 e. The molecule has 1 spiro atoms. The van der Waals surface area contributed by atoms with Gasteiger partial charge in [-0.15, -0.1) is 0 Å². The van der Waals surface area contributed by atoms with Crippen LogP contribution in [0.2, 0.25) is 0 Å². The number of rotatable bonds is 4. The van der Waals surface area contributed by atoms with Crippen LogP contribution in [0.1, 0.15) is 63.3 Å². The first-order chi connectivity index (χ1) is 12.5. The van der Waals surface area contributed by atoms with Crippen molar-refractivity contribution < 1.29 is 0 Å². The lowest BCUT2D eigenvalue weighted by molar-refractivity contribution is 0.553. The summed E-state index contributed by atoms with van der Waals surface area (Å²) >= 11 is 0. The molecule has 0 unspecified atom stereocenters. The van der Waals surface area contributed by atoms with Crippen LogP contribution < -0.4 is 5.32 Å². The van der Waals surface area contributed by atoms with Gasteiger partial charge >= 0.3 is 0 Å². The average Bonchev–Trinajstić information content (AvgIpc) is 3.29. The van der Waals surface area contributed by atoms with Gasteiger partial charge in [0.2, 0.25) is 0 Å². The monoisotopic (exact) mass is 345 g/mol. The maximum atomic E-state index is 4.73. The molecule has 0 atom stereocenters. The molecule has 0 amide bonds. The van der Waals surface area contributed by atoms with Gasteiger partial charge in [0.05, 0.1) is 18.1 Å². The lowest BCUT2D eigenvalue weighted by Crippen LogP contribution is -2.05. The van der Waals surface area contributed by atoms with E-state index in [4.69, 9.17) is 4.98 Å². The topological polar surface area (TPSA) is 37.8 Å². The Morgan fingerprint density at radius 2 is 1.77 bits per heavy atom. The summed E-state index contributed by atoms with van der Waals surface area (Å²) in [7, 11) is 0. The highest BCUT2D eigenvalue weighted by molar-refractivity contribution is 5.79. The van der Waals surface area contributed by atoms with E-state index in [1.54, 1.807) is 0 Å². The zero-order chi connectivity index (χ0) is 18.3. The van der Waals surface area contributed by atoms with Crippen molar-refractivity contribution in [3.05, 3.63) is 64.6 Å². The fraction of sp³-hybridized carbons (Fsp3) is 0.391. The van der Waals surface area contributed by atoms with Gasteiger partial charge in [-0.25, -0.2) is 4.98 Å². The van der Waals surface area contributed by atoms with Crippen molar-refractivity contribution >= 4 is 17.1 Å². The number of allylic oxidation sites excluding steroid dienone is 3. The average molecular weight is 345 g/mol. The summed E-state index contributed by atoms with van der Waals surface area (Å²) in [6, 6.07) is 8.43. The van der Waals surface area contributed by atoms with Crippen LogP contribution in [0.15, 0.2) is 47.8 Å². The second-order valence-corrected chi connectivity index (χ2v) is 8.21. The number of hydrogen-bond donors (Lipinski definition) is 1. The summed E-state index contributed by atoms with van der Waals surface area (Å²) in [6.45, 7) is 8.64. The minimum absolute atomic E-state index is 0.581. The molecular weight excluding hydrogens is 318 g/mol. The molecule has 2 aliphatic rings. The van der Waals surface area contributed by atoms with Crippen LogP contribution in [0.5, 0.6) is 0 Å². The van der Waals surface area contributed by atoms with Gasteiger partial charge in [0.1, 0.15) is 5.82 Å². The van der Waals surface area contributed by atoms with Crippen LogP contribution in [-0.4, -0.2) is 9.97 Å². The molecule has 1 aromatic carbocycles. The van der Waals surface area contributed by atoms with Crippen LogP contribution in [0, 0.1) is 12.3 Å². The van der Waals surface area contributed by atoms with Gasteiger partial charge in [0, 0.05) is 11.3 Å². The Kier molecular flexibility index (Phi) is 4.18. The first kappa shape index (κ1) is 17.0. The Morgan fingerprint density at radius 3 is 2.35 bits per heavy atom. The zero-order valence-electron chi connectivity index (χ0n) is 16.2. The van der Waals surface area contributed by atoms with Crippen LogP contribution in [0.4, 0.5) is 5.82 Å². The van der Waals surface area contributed by atoms with E-state index in [0.717, 1.165) is 17.2 Å². The summed E-state index contributed by atoms with van der Waals surface area (Å²) in [5, 5.41) is 3.48. The lowest BCUT2D eigenvalue weighted by Gasteiger charge is -2.15. The Hall–Kier alpha value is -2.42. The zero-order valence-corrected chi connectivity index (χ0v) is 16.2. The summed E-state index contributed by atoms with van der Waals surface area (Å²) in [5.74, 6) is 0.797. The molecule has 26 heavy (non-hydrogen) atoms. The van der Waals surface area contributed by atoms with E-state index in [0.29, 0.717) is 5.41 Å². The fourth-order valence-corrected chi connectivity index (χ4v) is 4.09. The number of nitrogens with zero attached hydrogens (tertiary/aromatic N) is 2. The molecule has 0 bridgehead atoms. The Morgan fingerprint density at radius 1 is 1.00 bits per heavy atom. The van der Waals surface area contributed by atoms with Gasteiger partial charge in [0.25, 0.3) is 0 Å². The van der Waals surface area contributed by atoms with Crippen molar-refractivity contribution in [3.8, 4) is 0 Å². The van der Waals surface area contributed by atoms with Crippen LogP contribution in [0.25, 0.3) is 11.3 Å². The second-order valence-electron chi connectivity index (χ2n) is 8.21. The Balaban J connectivity index is 1.56. The van der Waals surface area contributed by atoms with Crippen molar-refractivity contribution in [2.75, 3.05) is 5.32 Å². The van der Waals surface area contributed by atoms with Crippen LogP contribution in [0.3, 0.4) is 0 Å². The fourth-order valence-electron chi connectivity index (χ4n) is 4.09. The highest BCUT2D eigenvalue weighted by Gasteiger charge is 2.47. The molecule has 1 fully saturated rings. The third-order valence-corrected chi connectivity index (χ3v) is 5.79. The number of hydrogen-bond acceptors (Lipinski definition) is 3. The highest BCUT2D eigenvalue weighted by Crippen LogP contribution is 2.61. The third kappa shape index (κ3) is 3.18. The second kappa shape index (κ2) is 6.39. The first-order valence-electron chi connectivity index (χ1n) is 9.49. The van der Waals surface area contributed by atoms with Gasteiger partial charge in [0.15, 0.2) is 0 Å². The number of benzene rings is 1. The lowest BCUT2D eigenvalue weighted by atomic mass is 10.0. The number of aromatic nitrogens is 2. The summed E-state index contributed by atoms with van der Waals surface area (Å²) in [4.78, 5) is 9.39. The molecule has 0 saturated heterocycles. The summed E-state index contributed by atoms with van der Waals surface area (Å²) in [6.07, 6.45) is 8.99.